The molecule has 0 bridgehead atoms. The van der Waals surface area contributed by atoms with E-state index in [2.05, 4.69) is 10.9 Å². The van der Waals surface area contributed by atoms with Crippen molar-refractivity contribution < 1.29 is 18.8 Å². The average Bonchev–Trinajstić information content (AvgIpc) is 2.93. The van der Waals surface area contributed by atoms with Crippen molar-refractivity contribution >= 4 is 29.5 Å². The number of hydrazine groups is 1. The fraction of sp³-hybridized carbons (Fsp3) is 0.417. The minimum Gasteiger partial charge on any atom is -0.466 e. The Morgan fingerprint density at radius 3 is 2.70 bits per heavy atom. The third-order valence-corrected chi connectivity index (χ3v) is 3.71. The molecule has 0 aromatic carbocycles. The van der Waals surface area contributed by atoms with Crippen LogP contribution in [0.5, 0.6) is 0 Å². The molecule has 0 atom stereocenters. The highest BCUT2D eigenvalue weighted by atomic mass is 32.2. The molecule has 1 aromatic heterocycles. The van der Waals surface area contributed by atoms with Crippen LogP contribution < -0.4 is 10.9 Å². The molecule has 8 heteroatoms. The first kappa shape index (κ1) is 14.4. The number of carbonyl (C=O) groups is 3. The van der Waals surface area contributed by atoms with Crippen molar-refractivity contribution in [3.8, 4) is 0 Å². The predicted octanol–water partition coefficient (Wildman–Crippen LogP) is 0.190. The fourth-order valence-corrected chi connectivity index (χ4v) is 2.71. The molecule has 0 radical (unpaired) electrons. The number of nitrogens with one attached hydrogen (secondary N) is 2. The third-order valence-electron chi connectivity index (χ3n) is 2.76. The lowest BCUT2D eigenvalue weighted by molar-refractivity contribution is -0.132. The molecule has 0 saturated carbocycles. The minimum atomic E-state index is -0.449. The SMILES string of the molecule is Cc1cc(C(=O)NNC(=O)CN2CSCC2=O)c(C)o1. The quantitative estimate of drug-likeness (QED) is 0.777. The maximum absolute atomic E-state index is 11.8. The number of thioether (sulfide) groups is 1. The maximum Gasteiger partial charge on any atom is 0.273 e. The van der Waals surface area contributed by atoms with Crippen molar-refractivity contribution in [2.24, 2.45) is 0 Å². The molecule has 1 saturated heterocycles. The Bertz CT molecular complexity index is 555. The van der Waals surface area contributed by atoms with Crippen LogP contribution in [-0.4, -0.2) is 40.8 Å². The molecule has 7 nitrogen and oxygen atoms in total. The van der Waals surface area contributed by atoms with E-state index < -0.39 is 11.8 Å². The summed E-state index contributed by atoms with van der Waals surface area (Å²) in [7, 11) is 0. The van der Waals surface area contributed by atoms with E-state index in [9.17, 15) is 14.4 Å². The summed E-state index contributed by atoms with van der Waals surface area (Å²) in [5, 5.41) is 0. The Balaban J connectivity index is 1.82. The molecule has 1 aliphatic heterocycles. The molecule has 1 aliphatic rings. The van der Waals surface area contributed by atoms with Crippen molar-refractivity contribution in [3.05, 3.63) is 23.2 Å². The number of aryl methyl sites for hydroxylation is 2. The second-order valence-corrected chi connectivity index (χ2v) is 5.35. The first-order valence-corrected chi connectivity index (χ1v) is 7.14. The van der Waals surface area contributed by atoms with E-state index in [0.29, 0.717) is 28.7 Å². The molecule has 1 aromatic rings. The highest BCUT2D eigenvalue weighted by Crippen LogP contribution is 2.14. The van der Waals surface area contributed by atoms with E-state index in [1.165, 1.54) is 16.7 Å². The number of hydrogen-bond donors (Lipinski definition) is 2. The van der Waals surface area contributed by atoms with Crippen LogP contribution in [0.4, 0.5) is 0 Å². The first-order chi connectivity index (χ1) is 9.47. The molecule has 0 spiro atoms. The van der Waals surface area contributed by atoms with Gasteiger partial charge in [0.05, 0.1) is 17.2 Å². The second-order valence-electron chi connectivity index (χ2n) is 4.40. The Morgan fingerprint density at radius 1 is 1.40 bits per heavy atom. The lowest BCUT2D eigenvalue weighted by atomic mass is 10.2. The van der Waals surface area contributed by atoms with Gasteiger partial charge in [-0.3, -0.25) is 25.2 Å². The number of hydrogen-bond acceptors (Lipinski definition) is 5. The van der Waals surface area contributed by atoms with Crippen LogP contribution >= 0.6 is 11.8 Å². The van der Waals surface area contributed by atoms with Gasteiger partial charge in [-0.1, -0.05) is 0 Å². The lowest BCUT2D eigenvalue weighted by Crippen LogP contribution is -2.46. The standard InChI is InChI=1S/C12H15N3O4S/c1-7-3-9(8(2)19-7)12(18)14-13-10(16)4-15-6-20-5-11(15)17/h3H,4-6H2,1-2H3,(H,13,16)(H,14,18). The topological polar surface area (TPSA) is 91.7 Å². The molecule has 3 amide bonds. The normalized spacial score (nSPS) is 14.5. The van der Waals surface area contributed by atoms with E-state index in [1.54, 1.807) is 19.9 Å². The third kappa shape index (κ3) is 3.32. The number of nitrogens with zero attached hydrogens (tertiary/aromatic N) is 1. The summed E-state index contributed by atoms with van der Waals surface area (Å²) in [6.45, 7) is 3.35. The molecule has 2 N–H and O–H groups in total. The zero-order valence-corrected chi connectivity index (χ0v) is 12.0. The predicted molar refractivity (Wildman–Crippen MR) is 72.8 cm³/mol. The van der Waals surface area contributed by atoms with Gasteiger partial charge in [-0.25, -0.2) is 0 Å². The van der Waals surface area contributed by atoms with E-state index in [4.69, 9.17) is 4.42 Å². The van der Waals surface area contributed by atoms with Crippen LogP contribution in [0.2, 0.25) is 0 Å². The van der Waals surface area contributed by atoms with Gasteiger partial charge < -0.3 is 9.32 Å². The summed E-state index contributed by atoms with van der Waals surface area (Å²) < 4.78 is 5.23. The summed E-state index contributed by atoms with van der Waals surface area (Å²) in [5.41, 5.74) is 4.95. The van der Waals surface area contributed by atoms with Gasteiger partial charge in [-0.2, -0.15) is 0 Å². The van der Waals surface area contributed by atoms with Crippen LogP contribution in [-0.2, 0) is 9.59 Å². The van der Waals surface area contributed by atoms with Crippen molar-refractivity contribution in [1.29, 1.82) is 0 Å². The van der Waals surface area contributed by atoms with Crippen molar-refractivity contribution in [1.82, 2.24) is 15.8 Å². The van der Waals surface area contributed by atoms with Crippen molar-refractivity contribution in [3.63, 3.8) is 0 Å². The zero-order valence-electron chi connectivity index (χ0n) is 11.2. The van der Waals surface area contributed by atoms with Gasteiger partial charge in [0.25, 0.3) is 11.8 Å². The summed E-state index contributed by atoms with van der Waals surface area (Å²) in [4.78, 5) is 36.2. The largest absolute Gasteiger partial charge is 0.466 e. The molecule has 2 heterocycles. The van der Waals surface area contributed by atoms with E-state index in [-0.39, 0.29) is 12.5 Å². The molecular weight excluding hydrogens is 282 g/mol. The van der Waals surface area contributed by atoms with Crippen LogP contribution in [0.15, 0.2) is 10.5 Å². The van der Waals surface area contributed by atoms with Crippen LogP contribution in [0.3, 0.4) is 0 Å². The highest BCUT2D eigenvalue weighted by molar-refractivity contribution is 8.00. The van der Waals surface area contributed by atoms with Gasteiger partial charge in [0, 0.05) is 0 Å². The van der Waals surface area contributed by atoms with Gasteiger partial charge in [0.15, 0.2) is 0 Å². The monoisotopic (exact) mass is 297 g/mol. The smallest absolute Gasteiger partial charge is 0.273 e. The summed E-state index contributed by atoms with van der Waals surface area (Å²) in [6.07, 6.45) is 0. The lowest BCUT2D eigenvalue weighted by Gasteiger charge is -2.14. The molecule has 1 fully saturated rings. The maximum atomic E-state index is 11.8. The Kier molecular flexibility index (Phi) is 4.33. The average molecular weight is 297 g/mol. The van der Waals surface area contributed by atoms with Crippen LogP contribution in [0.25, 0.3) is 0 Å². The minimum absolute atomic E-state index is 0.0600. The number of furan rings is 1. The Hall–Kier alpha value is -1.96. The Labute approximate surface area is 120 Å². The Morgan fingerprint density at radius 2 is 2.15 bits per heavy atom. The molecule has 2 rings (SSSR count). The summed E-state index contributed by atoms with van der Waals surface area (Å²) in [5.74, 6) is 1.05. The van der Waals surface area contributed by atoms with Crippen LogP contribution in [0, 0.1) is 13.8 Å². The van der Waals surface area contributed by atoms with E-state index >= 15 is 0 Å². The van der Waals surface area contributed by atoms with Crippen molar-refractivity contribution in [2.45, 2.75) is 13.8 Å². The van der Waals surface area contributed by atoms with Gasteiger partial charge in [0.2, 0.25) is 5.91 Å². The van der Waals surface area contributed by atoms with Gasteiger partial charge >= 0.3 is 0 Å². The number of rotatable bonds is 3. The second kappa shape index (κ2) is 6.00. The summed E-state index contributed by atoms with van der Waals surface area (Å²) in [6, 6.07) is 1.59. The first-order valence-electron chi connectivity index (χ1n) is 5.99. The fourth-order valence-electron chi connectivity index (χ4n) is 1.80. The van der Waals surface area contributed by atoms with E-state index in [0.717, 1.165) is 0 Å². The van der Waals surface area contributed by atoms with Gasteiger partial charge in [-0.05, 0) is 19.9 Å². The van der Waals surface area contributed by atoms with Crippen molar-refractivity contribution in [2.75, 3.05) is 18.2 Å². The van der Waals surface area contributed by atoms with Crippen LogP contribution in [0.1, 0.15) is 21.9 Å². The molecule has 0 unspecified atom stereocenters. The molecular formula is C12H15N3O4S. The molecule has 108 valence electrons. The van der Waals surface area contributed by atoms with E-state index in [1.807, 2.05) is 0 Å². The highest BCUT2D eigenvalue weighted by Gasteiger charge is 2.23. The van der Waals surface area contributed by atoms with Gasteiger partial charge in [0.1, 0.15) is 18.1 Å². The number of carbonyl (C=O) groups excluding carboxylic acids is 3. The van der Waals surface area contributed by atoms with Gasteiger partial charge in [-0.15, -0.1) is 11.8 Å². The zero-order chi connectivity index (χ0) is 14.7. The molecule has 20 heavy (non-hydrogen) atoms. The molecule has 0 aliphatic carbocycles. The number of amides is 3. The summed E-state index contributed by atoms with van der Waals surface area (Å²) >= 11 is 1.45.